The van der Waals surface area contributed by atoms with Crippen LogP contribution in [-0.4, -0.2) is 36.6 Å². The highest BCUT2D eigenvalue weighted by atomic mass is 32.2. The van der Waals surface area contributed by atoms with Crippen LogP contribution in [0.15, 0.2) is 4.99 Å². The normalized spacial score (nSPS) is 13.2. The molecule has 0 aliphatic rings. The highest BCUT2D eigenvalue weighted by Crippen LogP contribution is 1.88. The van der Waals surface area contributed by atoms with Crippen LogP contribution in [-0.2, 0) is 10.1 Å². The second kappa shape index (κ2) is 2.76. The molecule has 0 saturated carbocycles. The van der Waals surface area contributed by atoms with Crippen molar-refractivity contribution in [3.05, 3.63) is 5.21 Å². The summed E-state index contributed by atoms with van der Waals surface area (Å²) in [7, 11) is -3.46. The molecule has 0 saturated heterocycles. The van der Waals surface area contributed by atoms with Crippen molar-refractivity contribution in [2.75, 3.05) is 7.05 Å². The fourth-order valence-corrected chi connectivity index (χ4v) is 0.844. The molecule has 0 bridgehead atoms. The molecule has 6 nitrogen and oxygen atoms in total. The van der Waals surface area contributed by atoms with Crippen LogP contribution in [0.4, 0.5) is 0 Å². The first-order valence-corrected chi connectivity index (χ1v) is 3.55. The van der Waals surface area contributed by atoms with E-state index >= 15 is 0 Å². The molecule has 0 amide bonds. The summed E-state index contributed by atoms with van der Waals surface area (Å²) < 4.78 is 28.2. The van der Waals surface area contributed by atoms with Crippen molar-refractivity contribution < 1.29 is 17.7 Å². The van der Waals surface area contributed by atoms with Crippen LogP contribution in [0.5, 0.6) is 0 Å². The Morgan fingerprint density at radius 3 is 2.20 bits per heavy atom. The molecule has 0 rings (SSSR count). The van der Waals surface area contributed by atoms with E-state index < -0.39 is 15.3 Å². The van der Waals surface area contributed by atoms with E-state index in [2.05, 4.69) is 11.7 Å². The topological polar surface area (TPSA) is 92.8 Å². The Morgan fingerprint density at radius 1 is 1.80 bits per heavy atom. The first kappa shape index (κ1) is 9.05. The number of hydrogen-bond acceptors (Lipinski definition) is 4. The van der Waals surface area contributed by atoms with Gasteiger partial charge in [-0.3, -0.25) is 4.55 Å². The van der Waals surface area contributed by atoms with Crippen molar-refractivity contribution in [2.24, 2.45) is 4.99 Å². The van der Waals surface area contributed by atoms with Crippen LogP contribution in [0.1, 0.15) is 0 Å². The average molecular weight is 166 g/mol. The van der Waals surface area contributed by atoms with Crippen molar-refractivity contribution in [2.45, 2.75) is 0 Å². The van der Waals surface area contributed by atoms with E-state index in [9.17, 15) is 13.6 Å². The van der Waals surface area contributed by atoms with E-state index in [1.165, 1.54) is 0 Å². The second-order valence-electron chi connectivity index (χ2n) is 1.36. The lowest BCUT2D eigenvalue weighted by atomic mass is 11.2. The summed E-state index contributed by atoms with van der Waals surface area (Å²) in [5.74, 6) is 0. The second-order valence-corrected chi connectivity index (χ2v) is 2.68. The summed E-state index contributed by atoms with van der Waals surface area (Å²) >= 11 is 0. The van der Waals surface area contributed by atoms with Gasteiger partial charge in [-0.15, -0.1) is 0 Å². The molecule has 0 aromatic rings. The summed E-state index contributed by atoms with van der Waals surface area (Å²) in [6.45, 7) is 2.68. The molecule has 0 aliphatic heterocycles. The smallest absolute Gasteiger partial charge is 0.440 e. The first-order valence-electron chi connectivity index (χ1n) is 2.11. The number of rotatable bonds is 0. The van der Waals surface area contributed by atoms with Crippen molar-refractivity contribution in [3.8, 4) is 0 Å². The number of nitrogens with zero attached hydrogens (tertiary/aromatic N) is 2. The van der Waals surface area contributed by atoms with E-state index in [-0.39, 0.29) is 4.74 Å². The van der Waals surface area contributed by atoms with Gasteiger partial charge in [0.2, 0.25) is 0 Å². The molecule has 58 valence electrons. The third-order valence-corrected chi connectivity index (χ3v) is 1.48. The maximum Gasteiger partial charge on any atom is 0.440 e. The standard InChI is InChI=1S/C3H6N2O4S/c1-4-3(5(2)6)10(7,8)9/h2H2,1H3,(H,7,8,9). The SMILES string of the molecule is C=[N+]([O-])C(=NC)S(=O)(=O)O. The molecule has 0 aromatic heterocycles. The Labute approximate surface area is 57.8 Å². The van der Waals surface area contributed by atoms with E-state index in [4.69, 9.17) is 4.55 Å². The number of aliphatic imine (C=N–C) groups is 1. The third kappa shape index (κ3) is 2.11. The Bertz CT molecular complexity index is 264. The predicted octanol–water partition coefficient (Wildman–Crippen LogP) is -0.929. The first-order chi connectivity index (χ1) is 4.39. The Kier molecular flexibility index (Phi) is 2.49. The van der Waals surface area contributed by atoms with Crippen LogP contribution in [0.25, 0.3) is 0 Å². The van der Waals surface area contributed by atoms with Gasteiger partial charge < -0.3 is 5.21 Å². The van der Waals surface area contributed by atoms with Gasteiger partial charge in [0.25, 0.3) is 0 Å². The predicted molar refractivity (Wildman–Crippen MR) is 35.7 cm³/mol. The molecule has 1 N–H and O–H groups in total. The molecular weight excluding hydrogens is 160 g/mol. The zero-order valence-electron chi connectivity index (χ0n) is 5.18. The molecule has 0 atom stereocenters. The van der Waals surface area contributed by atoms with Gasteiger partial charge in [-0.1, -0.05) is 4.99 Å². The van der Waals surface area contributed by atoms with Gasteiger partial charge in [-0.25, -0.2) is 4.74 Å². The molecule has 0 spiro atoms. The highest BCUT2D eigenvalue weighted by molar-refractivity contribution is 8.00. The summed E-state index contributed by atoms with van der Waals surface area (Å²) in [5.41, 5.74) is 0. The molecule has 10 heavy (non-hydrogen) atoms. The molecule has 0 unspecified atom stereocenters. The van der Waals surface area contributed by atoms with Crippen molar-refractivity contribution in [3.63, 3.8) is 0 Å². The van der Waals surface area contributed by atoms with E-state index in [0.29, 0.717) is 0 Å². The maximum absolute atomic E-state index is 10.2. The molecule has 7 heteroatoms. The summed E-state index contributed by atoms with van der Waals surface area (Å²) in [4.78, 5) is 2.99. The Morgan fingerprint density at radius 2 is 2.20 bits per heavy atom. The minimum atomic E-state index is -4.51. The number of hydroxylamine groups is 1. The lowest BCUT2D eigenvalue weighted by Gasteiger charge is -2.01. The molecular formula is C3H6N2O4S. The Hall–Kier alpha value is -0.950. The van der Waals surface area contributed by atoms with Crippen LogP contribution in [0.2, 0.25) is 0 Å². The van der Waals surface area contributed by atoms with E-state index in [1.54, 1.807) is 0 Å². The van der Waals surface area contributed by atoms with Gasteiger partial charge >= 0.3 is 15.3 Å². The van der Waals surface area contributed by atoms with Gasteiger partial charge in [0.05, 0.1) is 6.72 Å². The molecule has 0 aliphatic carbocycles. The minimum Gasteiger partial charge on any atom is -0.710 e. The van der Waals surface area contributed by atoms with Crippen LogP contribution in [0.3, 0.4) is 0 Å². The van der Waals surface area contributed by atoms with Crippen molar-refractivity contribution in [1.29, 1.82) is 0 Å². The van der Waals surface area contributed by atoms with Crippen LogP contribution >= 0.6 is 0 Å². The zero-order chi connectivity index (χ0) is 8.36. The fraction of sp³-hybridized carbons (Fsp3) is 0.333. The minimum absolute atomic E-state index is 0.282. The lowest BCUT2D eigenvalue weighted by Crippen LogP contribution is -2.23. The van der Waals surface area contributed by atoms with Crippen molar-refractivity contribution in [1.82, 2.24) is 0 Å². The maximum atomic E-state index is 10.2. The summed E-state index contributed by atoms with van der Waals surface area (Å²) in [5, 5.41) is 9.15. The highest BCUT2D eigenvalue weighted by Gasteiger charge is 2.22. The van der Waals surface area contributed by atoms with Gasteiger partial charge in [0, 0.05) is 0 Å². The monoisotopic (exact) mass is 166 g/mol. The van der Waals surface area contributed by atoms with Crippen LogP contribution < -0.4 is 0 Å². The molecule has 0 heterocycles. The van der Waals surface area contributed by atoms with Crippen molar-refractivity contribution >= 4 is 22.0 Å². The average Bonchev–Trinajstić information content (AvgIpc) is 1.60. The molecule has 0 radical (unpaired) electrons. The van der Waals surface area contributed by atoms with Gasteiger partial charge in [-0.05, 0) is 0 Å². The van der Waals surface area contributed by atoms with E-state index in [1.807, 2.05) is 0 Å². The summed E-state index contributed by atoms with van der Waals surface area (Å²) in [6.07, 6.45) is 0. The van der Waals surface area contributed by atoms with Gasteiger partial charge in [-0.2, -0.15) is 8.42 Å². The van der Waals surface area contributed by atoms with E-state index in [0.717, 1.165) is 7.05 Å². The molecule has 0 fully saturated rings. The largest absolute Gasteiger partial charge is 0.710 e. The zero-order valence-corrected chi connectivity index (χ0v) is 6.00. The quantitative estimate of drug-likeness (QED) is 0.126. The third-order valence-electron chi connectivity index (χ3n) is 0.635. The van der Waals surface area contributed by atoms with Gasteiger partial charge in [0.1, 0.15) is 7.05 Å². The van der Waals surface area contributed by atoms with Gasteiger partial charge in [0.15, 0.2) is 0 Å². The Balaban J connectivity index is 4.95. The summed E-state index contributed by atoms with van der Waals surface area (Å²) in [6, 6.07) is 0. The lowest BCUT2D eigenvalue weighted by molar-refractivity contribution is -0.308. The van der Waals surface area contributed by atoms with Crippen LogP contribution in [0, 0.1) is 5.21 Å². The number of hydrogen-bond donors (Lipinski definition) is 1. The number of amidine groups is 1. The fourth-order valence-electron chi connectivity index (χ4n) is 0.356. The molecule has 0 aromatic carbocycles.